The molecule has 6 rings (SSSR count). The molecule has 1 atom stereocenters. The number of nitrogens with two attached hydrogens (primary N) is 1. The van der Waals surface area contributed by atoms with Crippen LogP contribution in [0.15, 0.2) is 64.9 Å². The fourth-order valence-corrected chi connectivity index (χ4v) is 6.77. The maximum Gasteiger partial charge on any atom is 0.355 e. The van der Waals surface area contributed by atoms with E-state index in [1.807, 2.05) is 24.3 Å². The Kier molecular flexibility index (Phi) is 8.50. The molecule has 1 saturated carbocycles. The van der Waals surface area contributed by atoms with Gasteiger partial charge in [0.2, 0.25) is 10.0 Å². The number of hydrogen-bond donors (Lipinski definition) is 2. The third kappa shape index (κ3) is 6.53. The van der Waals surface area contributed by atoms with Gasteiger partial charge in [-0.25, -0.2) is 27.6 Å². The predicted octanol–water partition coefficient (Wildman–Crippen LogP) is 6.70. The summed E-state index contributed by atoms with van der Waals surface area (Å²) in [7, 11) is -2.34. The number of halogens is 3. The standard InChI is InChI=1S/C31H23F3N4O3S3/c32-23-14-19(7-11-27(23)44(35)41)13-22-25(15-18-4-5-18)38(31-36-24(16-42-31)30(39)40)37-28(22)20-3-1-2-17(12-20)6-8-21-9-10-26(43-21)29(33)34/h1-3,7,9-12,14,16,18,29H,4-5,13,15H2,(H2,35,41)(H,39,40)/p+1. The lowest BCUT2D eigenvalue weighted by Gasteiger charge is -2.09. The molecule has 0 bridgehead atoms. The number of carbonyl (C=O) groups is 1. The van der Waals surface area contributed by atoms with E-state index in [1.54, 1.807) is 16.8 Å². The van der Waals surface area contributed by atoms with Crippen molar-refractivity contribution in [2.45, 2.75) is 37.0 Å². The zero-order valence-corrected chi connectivity index (χ0v) is 25.4. The van der Waals surface area contributed by atoms with Crippen molar-refractivity contribution in [1.29, 1.82) is 0 Å². The highest BCUT2D eigenvalue weighted by atomic mass is 32.2. The van der Waals surface area contributed by atoms with E-state index in [4.69, 9.17) is 10.2 Å². The smallest absolute Gasteiger partial charge is 0.355 e. The van der Waals surface area contributed by atoms with Gasteiger partial charge in [0.05, 0.1) is 21.1 Å². The monoisotopic (exact) mass is 653 g/mol. The van der Waals surface area contributed by atoms with Crippen LogP contribution in [0, 0.1) is 23.6 Å². The second-order valence-corrected chi connectivity index (χ2v) is 13.4. The third-order valence-corrected chi connectivity index (χ3v) is 9.76. The fourth-order valence-electron chi connectivity index (χ4n) is 4.78. The largest absolute Gasteiger partial charge is 0.476 e. The summed E-state index contributed by atoms with van der Waals surface area (Å²) in [4.78, 5) is 16.3. The number of thiol groups is 1. The average Bonchev–Trinajstić information content (AvgIpc) is 3.34. The number of nitrogens with zero attached hydrogens (tertiary/aromatic N) is 3. The molecule has 0 aliphatic heterocycles. The van der Waals surface area contributed by atoms with Crippen LogP contribution in [0.2, 0.25) is 0 Å². The van der Waals surface area contributed by atoms with Crippen molar-refractivity contribution in [1.82, 2.24) is 14.8 Å². The molecule has 0 amide bonds. The van der Waals surface area contributed by atoms with Crippen LogP contribution in [-0.2, 0) is 28.0 Å². The molecule has 1 aliphatic rings. The summed E-state index contributed by atoms with van der Waals surface area (Å²) in [6.07, 6.45) is 0.501. The number of carboxylic acid groups (broad SMARTS) is 1. The van der Waals surface area contributed by atoms with Crippen LogP contribution in [0.25, 0.3) is 16.4 Å². The molecule has 1 aliphatic carbocycles. The van der Waals surface area contributed by atoms with Crippen LogP contribution < -0.4 is 5.14 Å². The van der Waals surface area contributed by atoms with Crippen molar-refractivity contribution in [2.75, 3.05) is 0 Å². The van der Waals surface area contributed by atoms with E-state index in [2.05, 4.69) is 16.8 Å². The topological polar surface area (TPSA) is 111 Å². The van der Waals surface area contributed by atoms with E-state index in [9.17, 15) is 27.3 Å². The van der Waals surface area contributed by atoms with Gasteiger partial charge in [-0.1, -0.05) is 34.2 Å². The number of thiophene rings is 1. The first-order valence-corrected chi connectivity index (χ1v) is 16.5. The molecule has 1 fully saturated rings. The molecule has 2 aromatic carbocycles. The second-order valence-electron chi connectivity index (χ2n) is 10.3. The summed E-state index contributed by atoms with van der Waals surface area (Å²) in [6, 6.07) is 14.7. The lowest BCUT2D eigenvalue weighted by atomic mass is 9.96. The number of hydrogen-bond acceptors (Lipinski definition) is 6. The van der Waals surface area contributed by atoms with Gasteiger partial charge in [-0.15, -0.1) is 27.8 Å². The molecule has 3 N–H and O–H groups in total. The van der Waals surface area contributed by atoms with E-state index in [0.29, 0.717) is 39.2 Å². The molecule has 0 saturated heterocycles. The third-order valence-electron chi connectivity index (χ3n) is 7.10. The summed E-state index contributed by atoms with van der Waals surface area (Å²) in [5, 5.41) is 21.7. The lowest BCUT2D eigenvalue weighted by molar-refractivity contribution is 0.0691. The van der Waals surface area contributed by atoms with E-state index in [1.165, 1.54) is 23.6 Å². The highest BCUT2D eigenvalue weighted by molar-refractivity contribution is 7.82. The van der Waals surface area contributed by atoms with Crippen LogP contribution in [0.1, 0.15) is 61.9 Å². The number of carboxylic acids is 1. The van der Waals surface area contributed by atoms with Crippen molar-refractivity contribution < 1.29 is 27.3 Å². The molecular formula is C31H24F3N4O3S3+. The Bertz CT molecular complexity index is 1970. The molecule has 0 spiro atoms. The van der Waals surface area contributed by atoms with Gasteiger partial charge in [0.15, 0.2) is 22.5 Å². The Balaban J connectivity index is 1.46. The Morgan fingerprint density at radius 2 is 1.98 bits per heavy atom. The van der Waals surface area contributed by atoms with Gasteiger partial charge in [0.25, 0.3) is 6.43 Å². The zero-order chi connectivity index (χ0) is 31.0. The van der Waals surface area contributed by atoms with Gasteiger partial charge < -0.3 is 5.11 Å². The number of rotatable bonds is 9. The van der Waals surface area contributed by atoms with Crippen molar-refractivity contribution in [3.8, 4) is 28.2 Å². The van der Waals surface area contributed by atoms with E-state index in [0.717, 1.165) is 52.3 Å². The molecule has 3 heterocycles. The maximum atomic E-state index is 14.8. The maximum absolute atomic E-state index is 14.8. The lowest BCUT2D eigenvalue weighted by Crippen LogP contribution is -2.07. The highest BCUT2D eigenvalue weighted by Gasteiger charge is 2.29. The van der Waals surface area contributed by atoms with Crippen LogP contribution >= 0.6 is 22.7 Å². The van der Waals surface area contributed by atoms with E-state index in [-0.39, 0.29) is 21.9 Å². The van der Waals surface area contributed by atoms with Gasteiger partial charge in [0, 0.05) is 28.5 Å². The Labute approximate surface area is 260 Å². The Hall–Kier alpha value is -4.09. The molecule has 13 heteroatoms. The molecular weight excluding hydrogens is 630 g/mol. The molecule has 7 nitrogen and oxygen atoms in total. The first-order valence-electron chi connectivity index (χ1n) is 13.5. The quantitative estimate of drug-likeness (QED) is 0.104. The summed E-state index contributed by atoms with van der Waals surface area (Å²) in [5.41, 5.74) is 4.16. The molecule has 44 heavy (non-hydrogen) atoms. The first kappa shape index (κ1) is 30.0. The summed E-state index contributed by atoms with van der Waals surface area (Å²) >= 11 is 2.11. The first-order chi connectivity index (χ1) is 21.2. The van der Waals surface area contributed by atoms with Crippen LogP contribution in [0.4, 0.5) is 13.2 Å². The van der Waals surface area contributed by atoms with Gasteiger partial charge in [0.1, 0.15) is 0 Å². The second kappa shape index (κ2) is 12.5. The zero-order valence-electron chi connectivity index (χ0n) is 22.8. The van der Waals surface area contributed by atoms with Crippen molar-refractivity contribution >= 4 is 39.6 Å². The summed E-state index contributed by atoms with van der Waals surface area (Å²) < 4.78 is 54.3. The minimum Gasteiger partial charge on any atom is -0.476 e. The minimum absolute atomic E-state index is 0.0440. The van der Waals surface area contributed by atoms with Crippen molar-refractivity contribution in [3.05, 3.63) is 104 Å². The van der Waals surface area contributed by atoms with Crippen molar-refractivity contribution in [3.63, 3.8) is 0 Å². The molecule has 5 aromatic rings. The predicted molar refractivity (Wildman–Crippen MR) is 164 cm³/mol. The Morgan fingerprint density at radius 3 is 2.64 bits per heavy atom. The van der Waals surface area contributed by atoms with Gasteiger partial charge in [-0.2, -0.15) is 5.10 Å². The van der Waals surface area contributed by atoms with Gasteiger partial charge >= 0.3 is 5.97 Å². The normalized spacial score (nSPS) is 13.6. The summed E-state index contributed by atoms with van der Waals surface area (Å²) in [5.74, 6) is 4.62. The Morgan fingerprint density at radius 1 is 1.16 bits per heavy atom. The number of benzene rings is 2. The molecule has 3 aromatic heterocycles. The van der Waals surface area contributed by atoms with Crippen LogP contribution in [-0.4, -0.2) is 25.8 Å². The molecule has 0 radical (unpaired) electrons. The summed E-state index contributed by atoms with van der Waals surface area (Å²) in [6.45, 7) is 0. The van der Waals surface area contributed by atoms with Gasteiger partial charge in [-0.3, -0.25) is 0 Å². The highest BCUT2D eigenvalue weighted by Crippen LogP contribution is 2.38. The minimum atomic E-state index is -2.55. The number of aromatic carboxylic acids is 1. The SMILES string of the molecule is N[SH+](=O)c1ccc(Cc2c(-c3cccc(C#Cc4ccc(C(F)F)s4)c3)nn(-c3nc(C(=O)O)cs3)c2CC2CC2)cc1F. The van der Waals surface area contributed by atoms with E-state index >= 15 is 0 Å². The van der Waals surface area contributed by atoms with E-state index < -0.39 is 29.2 Å². The fraction of sp³-hybridized carbons (Fsp3) is 0.194. The molecule has 224 valence electrons. The average molecular weight is 654 g/mol. The van der Waals surface area contributed by atoms with Crippen molar-refractivity contribution in [2.24, 2.45) is 11.1 Å². The number of aromatic nitrogens is 3. The number of thiazole rings is 1. The van der Waals surface area contributed by atoms with Gasteiger partial charge in [-0.05, 0) is 67.1 Å². The van der Waals surface area contributed by atoms with Crippen LogP contribution in [0.3, 0.4) is 0 Å². The number of alkyl halides is 2. The molecule has 1 unspecified atom stereocenters. The van der Waals surface area contributed by atoms with Crippen LogP contribution in [0.5, 0.6) is 0 Å².